The van der Waals surface area contributed by atoms with Gasteiger partial charge in [0.2, 0.25) is 0 Å². The summed E-state index contributed by atoms with van der Waals surface area (Å²) in [6, 6.07) is 0. The molecule has 0 heterocycles. The van der Waals surface area contributed by atoms with Crippen LogP contribution in [0.5, 0.6) is 0 Å². The third-order valence-electron chi connectivity index (χ3n) is 0.607. The lowest BCUT2D eigenvalue weighted by atomic mass is 10.5. The van der Waals surface area contributed by atoms with Crippen molar-refractivity contribution in [2.24, 2.45) is 0 Å². The van der Waals surface area contributed by atoms with Crippen molar-refractivity contribution in [1.29, 1.82) is 0 Å². The summed E-state index contributed by atoms with van der Waals surface area (Å²) in [5.74, 6) is 0. The van der Waals surface area contributed by atoms with Gasteiger partial charge in [0.25, 0.3) is 0 Å². The van der Waals surface area contributed by atoms with Gasteiger partial charge in [0, 0.05) is 0 Å². The standard InChI is InChI=1S/C5H6Cl2.C4H6O/c1-2-3-4-5(6)7;1-3-5-4-2/h2-4H,1H3;3-4H,1-2H2. The third-order valence-corrected chi connectivity index (χ3v) is 0.859. The third kappa shape index (κ3) is 22.8. The molecule has 0 atom stereocenters. The maximum Gasteiger partial charge on any atom is 0.106 e. The molecule has 0 aromatic heterocycles. The Morgan fingerprint density at radius 3 is 1.83 bits per heavy atom. The van der Waals surface area contributed by atoms with E-state index in [1.54, 1.807) is 12.2 Å². The molecule has 1 nitrogen and oxygen atoms in total. The molecular formula is C9H12Cl2O. The predicted molar refractivity (Wildman–Crippen MR) is 56.1 cm³/mol. The van der Waals surface area contributed by atoms with Crippen LogP contribution in [0.15, 0.2) is 48.4 Å². The Morgan fingerprint density at radius 1 is 1.25 bits per heavy atom. The molecule has 3 heteroatoms. The molecule has 0 aliphatic heterocycles. The van der Waals surface area contributed by atoms with Crippen molar-refractivity contribution in [2.75, 3.05) is 0 Å². The largest absolute Gasteiger partial charge is 0.474 e. The van der Waals surface area contributed by atoms with E-state index in [2.05, 4.69) is 17.9 Å². The Morgan fingerprint density at radius 2 is 1.75 bits per heavy atom. The minimum absolute atomic E-state index is 0.290. The lowest BCUT2D eigenvalue weighted by molar-refractivity contribution is 0.406. The molecule has 0 unspecified atom stereocenters. The van der Waals surface area contributed by atoms with Gasteiger partial charge < -0.3 is 4.74 Å². The first-order valence-electron chi connectivity index (χ1n) is 3.20. The number of hydrogen-bond donors (Lipinski definition) is 0. The van der Waals surface area contributed by atoms with Crippen molar-refractivity contribution in [1.82, 2.24) is 0 Å². The Balaban J connectivity index is 0. The second-order valence-electron chi connectivity index (χ2n) is 1.45. The fourth-order valence-corrected chi connectivity index (χ4v) is 0.382. The second kappa shape index (κ2) is 13.0. The van der Waals surface area contributed by atoms with Crippen LogP contribution in [0, 0.1) is 0 Å². The molecule has 0 aliphatic carbocycles. The summed E-state index contributed by atoms with van der Waals surface area (Å²) in [5, 5.41) is 0. The quantitative estimate of drug-likeness (QED) is 0.498. The lowest BCUT2D eigenvalue weighted by Crippen LogP contribution is -1.52. The molecule has 0 aromatic rings. The van der Waals surface area contributed by atoms with E-state index in [-0.39, 0.29) is 4.49 Å². The summed E-state index contributed by atoms with van der Waals surface area (Å²) >= 11 is 10.5. The Bertz CT molecular complexity index is 161. The monoisotopic (exact) mass is 206 g/mol. The molecule has 0 bridgehead atoms. The van der Waals surface area contributed by atoms with Crippen LogP contribution >= 0.6 is 23.2 Å². The van der Waals surface area contributed by atoms with Gasteiger partial charge in [0.1, 0.15) is 4.49 Å². The van der Waals surface area contributed by atoms with Gasteiger partial charge in [-0.2, -0.15) is 0 Å². The van der Waals surface area contributed by atoms with Crippen molar-refractivity contribution in [3.8, 4) is 0 Å². The first-order valence-corrected chi connectivity index (χ1v) is 3.95. The van der Waals surface area contributed by atoms with Crippen LogP contribution in [-0.4, -0.2) is 0 Å². The van der Waals surface area contributed by atoms with E-state index in [1.165, 1.54) is 12.5 Å². The molecule has 0 aromatic carbocycles. The van der Waals surface area contributed by atoms with Gasteiger partial charge in [-0.25, -0.2) is 0 Å². The highest BCUT2D eigenvalue weighted by atomic mass is 35.5. The van der Waals surface area contributed by atoms with Crippen LogP contribution in [-0.2, 0) is 4.74 Å². The fourth-order valence-electron chi connectivity index (χ4n) is 0.237. The van der Waals surface area contributed by atoms with Crippen molar-refractivity contribution in [2.45, 2.75) is 6.92 Å². The van der Waals surface area contributed by atoms with Gasteiger partial charge in [0.05, 0.1) is 12.5 Å². The molecule has 12 heavy (non-hydrogen) atoms. The summed E-state index contributed by atoms with van der Waals surface area (Å²) in [6.45, 7) is 8.41. The maximum atomic E-state index is 5.23. The van der Waals surface area contributed by atoms with Crippen LogP contribution in [0.25, 0.3) is 0 Å². The van der Waals surface area contributed by atoms with Crippen LogP contribution in [0.2, 0.25) is 0 Å². The van der Waals surface area contributed by atoms with Gasteiger partial charge in [-0.15, -0.1) is 0 Å². The Hall–Kier alpha value is -0.660. The van der Waals surface area contributed by atoms with Crippen LogP contribution in [0.4, 0.5) is 0 Å². The van der Waals surface area contributed by atoms with E-state index < -0.39 is 0 Å². The first kappa shape index (κ1) is 13.9. The van der Waals surface area contributed by atoms with E-state index in [4.69, 9.17) is 23.2 Å². The van der Waals surface area contributed by atoms with Gasteiger partial charge in [0.15, 0.2) is 0 Å². The predicted octanol–water partition coefficient (Wildman–Crippen LogP) is 4.17. The van der Waals surface area contributed by atoms with Crippen molar-refractivity contribution in [3.63, 3.8) is 0 Å². The summed E-state index contributed by atoms with van der Waals surface area (Å²) in [5.41, 5.74) is 0. The van der Waals surface area contributed by atoms with Crippen LogP contribution in [0.3, 0.4) is 0 Å². The van der Waals surface area contributed by atoms with Gasteiger partial charge in [-0.3, -0.25) is 0 Å². The van der Waals surface area contributed by atoms with Crippen molar-refractivity contribution < 1.29 is 4.74 Å². The lowest BCUT2D eigenvalue weighted by Gasteiger charge is -1.76. The normalized spacial score (nSPS) is 7.92. The number of hydrogen-bond acceptors (Lipinski definition) is 1. The summed E-state index contributed by atoms with van der Waals surface area (Å²) in [6.07, 6.45) is 7.86. The average Bonchev–Trinajstić information content (AvgIpc) is 2.03. The number of allylic oxidation sites excluding steroid dienone is 3. The van der Waals surface area contributed by atoms with E-state index in [0.717, 1.165) is 0 Å². The Labute approximate surface area is 83.6 Å². The molecule has 0 spiro atoms. The van der Waals surface area contributed by atoms with Gasteiger partial charge >= 0.3 is 0 Å². The fraction of sp³-hybridized carbons (Fsp3) is 0.111. The highest BCUT2D eigenvalue weighted by Crippen LogP contribution is 2.04. The van der Waals surface area contributed by atoms with E-state index in [9.17, 15) is 0 Å². The van der Waals surface area contributed by atoms with E-state index in [0.29, 0.717) is 0 Å². The summed E-state index contributed by atoms with van der Waals surface area (Å²) < 4.78 is 4.65. The minimum atomic E-state index is 0.290. The molecule has 0 saturated heterocycles. The zero-order valence-electron chi connectivity index (χ0n) is 6.97. The SMILES string of the molecule is C=COC=C.CC=CC=C(Cl)Cl. The summed E-state index contributed by atoms with van der Waals surface area (Å²) in [4.78, 5) is 0. The molecule has 0 amide bonds. The van der Waals surface area contributed by atoms with Crippen LogP contribution < -0.4 is 0 Å². The molecule has 0 saturated carbocycles. The van der Waals surface area contributed by atoms with Gasteiger partial charge in [-0.1, -0.05) is 48.5 Å². The molecular weight excluding hydrogens is 195 g/mol. The van der Waals surface area contributed by atoms with E-state index >= 15 is 0 Å². The summed E-state index contributed by atoms with van der Waals surface area (Å²) in [7, 11) is 0. The molecule has 0 rings (SSSR count). The van der Waals surface area contributed by atoms with Crippen molar-refractivity contribution in [3.05, 3.63) is 48.4 Å². The van der Waals surface area contributed by atoms with Crippen molar-refractivity contribution >= 4 is 23.2 Å². The topological polar surface area (TPSA) is 9.23 Å². The number of rotatable bonds is 3. The number of halogens is 2. The van der Waals surface area contributed by atoms with Crippen LogP contribution in [0.1, 0.15) is 6.92 Å². The number of ether oxygens (including phenoxy) is 1. The zero-order valence-corrected chi connectivity index (χ0v) is 8.48. The molecule has 0 N–H and O–H groups in total. The van der Waals surface area contributed by atoms with E-state index in [1.807, 2.05) is 13.0 Å². The zero-order chi connectivity index (χ0) is 9.82. The smallest absolute Gasteiger partial charge is 0.106 e. The second-order valence-corrected chi connectivity index (χ2v) is 2.46. The minimum Gasteiger partial charge on any atom is -0.474 e. The molecule has 0 radical (unpaired) electrons. The highest BCUT2D eigenvalue weighted by Gasteiger charge is 1.72. The highest BCUT2D eigenvalue weighted by molar-refractivity contribution is 6.55. The van der Waals surface area contributed by atoms with Gasteiger partial charge in [-0.05, 0) is 13.0 Å². The average molecular weight is 207 g/mol. The molecule has 0 fully saturated rings. The molecule has 68 valence electrons. The maximum absolute atomic E-state index is 5.23. The Kier molecular flexibility index (Phi) is 15.0. The first-order chi connectivity index (χ1) is 5.68. The molecule has 0 aliphatic rings.